The minimum atomic E-state index is 0.165. The van der Waals surface area contributed by atoms with Crippen molar-refractivity contribution >= 4 is 0 Å². The number of hydrogen-bond acceptors (Lipinski definition) is 6. The molecule has 0 fully saturated rings. The smallest absolute Gasteiger partial charge is 0.138 e. The molecule has 6 heteroatoms. The van der Waals surface area contributed by atoms with Crippen molar-refractivity contribution in [2.45, 2.75) is 0 Å². The first-order valence-electron chi connectivity index (χ1n) is 5.99. The Morgan fingerprint density at radius 3 is 1.50 bits per heavy atom. The van der Waals surface area contributed by atoms with E-state index in [1.165, 1.54) is 0 Å². The average molecular weight is 276 g/mol. The van der Waals surface area contributed by atoms with Gasteiger partial charge in [-0.25, -0.2) is 0 Å². The van der Waals surface area contributed by atoms with Crippen LogP contribution in [0.15, 0.2) is 12.1 Å². The van der Waals surface area contributed by atoms with Crippen molar-refractivity contribution in [2.75, 3.05) is 40.6 Å². The first-order chi connectivity index (χ1) is 9.78. The maximum absolute atomic E-state index is 9.19. The Kier molecular flexibility index (Phi) is 6.91. The van der Waals surface area contributed by atoms with Gasteiger partial charge in [-0.15, -0.1) is 0 Å². The van der Waals surface area contributed by atoms with Crippen LogP contribution in [-0.2, 0) is 9.47 Å². The molecule has 0 bridgehead atoms. The Labute approximate surface area is 118 Å². The van der Waals surface area contributed by atoms with Gasteiger partial charge in [-0.3, -0.25) is 0 Å². The summed E-state index contributed by atoms with van der Waals surface area (Å²) in [6.45, 7) is 1.41. The molecule has 0 saturated carbocycles. The van der Waals surface area contributed by atoms with Gasteiger partial charge in [-0.05, 0) is 12.1 Å². The van der Waals surface area contributed by atoms with Crippen molar-refractivity contribution in [1.82, 2.24) is 0 Å². The monoisotopic (exact) mass is 276 g/mol. The predicted octanol–water partition coefficient (Wildman–Crippen LogP) is 1.48. The van der Waals surface area contributed by atoms with Crippen molar-refractivity contribution < 1.29 is 18.9 Å². The molecule has 0 heterocycles. The second-order valence-corrected chi connectivity index (χ2v) is 3.72. The normalized spacial score (nSPS) is 9.60. The molecule has 0 saturated heterocycles. The fraction of sp³-hybridized carbons (Fsp3) is 0.429. The van der Waals surface area contributed by atoms with Gasteiger partial charge in [0.25, 0.3) is 0 Å². The lowest BCUT2D eigenvalue weighted by Gasteiger charge is -2.12. The van der Waals surface area contributed by atoms with Crippen LogP contribution in [0.5, 0.6) is 11.5 Å². The Hall–Kier alpha value is -2.28. The highest BCUT2D eigenvalue weighted by Gasteiger charge is 2.15. The molecule has 0 atom stereocenters. The molecule has 106 valence electrons. The predicted molar refractivity (Wildman–Crippen MR) is 70.6 cm³/mol. The number of nitriles is 2. The van der Waals surface area contributed by atoms with E-state index in [0.29, 0.717) is 37.9 Å². The summed E-state index contributed by atoms with van der Waals surface area (Å²) < 4.78 is 20.6. The van der Waals surface area contributed by atoms with E-state index in [2.05, 4.69) is 0 Å². The summed E-state index contributed by atoms with van der Waals surface area (Å²) in [6.07, 6.45) is 0. The zero-order valence-electron chi connectivity index (χ0n) is 11.5. The van der Waals surface area contributed by atoms with Gasteiger partial charge in [0.1, 0.15) is 48.0 Å². The van der Waals surface area contributed by atoms with E-state index in [0.717, 1.165) is 0 Å². The van der Waals surface area contributed by atoms with E-state index in [4.69, 9.17) is 18.9 Å². The third-order valence-corrected chi connectivity index (χ3v) is 2.44. The van der Waals surface area contributed by atoms with E-state index in [-0.39, 0.29) is 11.1 Å². The van der Waals surface area contributed by atoms with Crippen LogP contribution in [0, 0.1) is 22.7 Å². The molecule has 0 radical (unpaired) electrons. The van der Waals surface area contributed by atoms with Crippen LogP contribution < -0.4 is 9.47 Å². The summed E-state index contributed by atoms with van der Waals surface area (Å²) in [5, 5.41) is 18.4. The van der Waals surface area contributed by atoms with Crippen LogP contribution in [0.3, 0.4) is 0 Å². The fourth-order valence-corrected chi connectivity index (χ4v) is 1.50. The topological polar surface area (TPSA) is 84.5 Å². The van der Waals surface area contributed by atoms with Gasteiger partial charge in [0.05, 0.1) is 13.2 Å². The lowest BCUT2D eigenvalue weighted by Crippen LogP contribution is -2.08. The lowest BCUT2D eigenvalue weighted by molar-refractivity contribution is 0.144. The van der Waals surface area contributed by atoms with Crippen LogP contribution in [0.2, 0.25) is 0 Å². The lowest BCUT2D eigenvalue weighted by atomic mass is 10.1. The quantitative estimate of drug-likeness (QED) is 0.669. The molecule has 1 rings (SSSR count). The molecule has 0 aromatic heterocycles. The van der Waals surface area contributed by atoms with E-state index < -0.39 is 0 Å². The second-order valence-electron chi connectivity index (χ2n) is 3.72. The number of rotatable bonds is 8. The summed E-state index contributed by atoms with van der Waals surface area (Å²) in [5.41, 5.74) is 0.331. The van der Waals surface area contributed by atoms with E-state index in [1.54, 1.807) is 26.4 Å². The molecule has 0 spiro atoms. The zero-order chi connectivity index (χ0) is 14.8. The summed E-state index contributed by atoms with van der Waals surface area (Å²) >= 11 is 0. The Balaban J connectivity index is 2.95. The average Bonchev–Trinajstić information content (AvgIpc) is 2.48. The third kappa shape index (κ3) is 4.13. The molecule has 0 N–H and O–H groups in total. The number of hydrogen-bond donors (Lipinski definition) is 0. The Morgan fingerprint density at radius 1 is 0.800 bits per heavy atom. The number of methoxy groups -OCH3 is 2. The standard InChI is InChI=1S/C14H16N2O4/c1-17-5-7-19-13-3-4-14(20-8-6-18-2)12(10-16)11(13)9-15/h3-4H,5-8H2,1-2H3. The van der Waals surface area contributed by atoms with Gasteiger partial charge in [0, 0.05) is 14.2 Å². The molecule has 1 aromatic carbocycles. The fourth-order valence-electron chi connectivity index (χ4n) is 1.50. The maximum atomic E-state index is 9.19. The molecule has 6 nitrogen and oxygen atoms in total. The van der Waals surface area contributed by atoms with Crippen LogP contribution in [0.25, 0.3) is 0 Å². The van der Waals surface area contributed by atoms with Gasteiger partial charge in [0.15, 0.2) is 0 Å². The van der Waals surface area contributed by atoms with Crippen molar-refractivity contribution in [3.8, 4) is 23.6 Å². The molecular weight excluding hydrogens is 260 g/mol. The number of benzene rings is 1. The number of ether oxygens (including phenoxy) is 4. The van der Waals surface area contributed by atoms with Crippen molar-refractivity contribution in [2.24, 2.45) is 0 Å². The Bertz CT molecular complexity index is 470. The molecule has 20 heavy (non-hydrogen) atoms. The molecule has 0 unspecified atom stereocenters. The highest BCUT2D eigenvalue weighted by molar-refractivity contribution is 5.60. The van der Waals surface area contributed by atoms with Gasteiger partial charge in [-0.2, -0.15) is 10.5 Å². The first-order valence-corrected chi connectivity index (χ1v) is 5.99. The summed E-state index contributed by atoms with van der Waals surface area (Å²) in [7, 11) is 3.12. The Morgan fingerprint density at radius 2 is 1.20 bits per heavy atom. The van der Waals surface area contributed by atoms with Gasteiger partial charge in [0.2, 0.25) is 0 Å². The SMILES string of the molecule is COCCOc1ccc(OCCOC)c(C#N)c1C#N. The second kappa shape index (κ2) is 8.76. The summed E-state index contributed by atoms with van der Waals surface area (Å²) in [5.74, 6) is 0.695. The van der Waals surface area contributed by atoms with Gasteiger partial charge in [-0.1, -0.05) is 0 Å². The maximum Gasteiger partial charge on any atom is 0.138 e. The van der Waals surface area contributed by atoms with Crippen molar-refractivity contribution in [1.29, 1.82) is 10.5 Å². The van der Waals surface area contributed by atoms with E-state index >= 15 is 0 Å². The summed E-state index contributed by atoms with van der Waals surface area (Å²) in [6, 6.07) is 7.16. The van der Waals surface area contributed by atoms with Gasteiger partial charge >= 0.3 is 0 Å². The third-order valence-electron chi connectivity index (χ3n) is 2.44. The van der Waals surface area contributed by atoms with Crippen molar-refractivity contribution in [3.63, 3.8) is 0 Å². The minimum Gasteiger partial charge on any atom is -0.490 e. The molecule has 0 amide bonds. The zero-order valence-corrected chi connectivity index (χ0v) is 11.5. The van der Waals surface area contributed by atoms with Crippen LogP contribution in [-0.4, -0.2) is 40.6 Å². The number of nitrogens with zero attached hydrogens (tertiary/aromatic N) is 2. The van der Waals surface area contributed by atoms with Crippen LogP contribution >= 0.6 is 0 Å². The largest absolute Gasteiger partial charge is 0.490 e. The highest BCUT2D eigenvalue weighted by Crippen LogP contribution is 2.29. The van der Waals surface area contributed by atoms with Crippen LogP contribution in [0.4, 0.5) is 0 Å². The van der Waals surface area contributed by atoms with Crippen molar-refractivity contribution in [3.05, 3.63) is 23.3 Å². The first kappa shape index (κ1) is 15.8. The van der Waals surface area contributed by atoms with Crippen LogP contribution in [0.1, 0.15) is 11.1 Å². The molecular formula is C14H16N2O4. The van der Waals surface area contributed by atoms with E-state index in [1.807, 2.05) is 12.1 Å². The highest BCUT2D eigenvalue weighted by atomic mass is 16.5. The molecule has 1 aromatic rings. The van der Waals surface area contributed by atoms with Gasteiger partial charge < -0.3 is 18.9 Å². The molecule has 0 aliphatic carbocycles. The minimum absolute atomic E-state index is 0.165. The molecule has 0 aliphatic rings. The van der Waals surface area contributed by atoms with E-state index in [9.17, 15) is 10.5 Å². The molecule has 0 aliphatic heterocycles. The summed E-state index contributed by atoms with van der Waals surface area (Å²) in [4.78, 5) is 0.